The van der Waals surface area contributed by atoms with Gasteiger partial charge in [0.05, 0.1) is 29.4 Å². The molecule has 0 amide bonds. The average Bonchev–Trinajstić information content (AvgIpc) is 2.55. The van der Waals surface area contributed by atoms with Gasteiger partial charge in [-0.1, -0.05) is 29.8 Å². The van der Waals surface area contributed by atoms with E-state index in [1.807, 2.05) is 6.92 Å². The number of hydrogen-bond acceptors (Lipinski definition) is 6. The molecule has 0 fully saturated rings. The fourth-order valence-electron chi connectivity index (χ4n) is 2.46. The van der Waals surface area contributed by atoms with E-state index in [9.17, 15) is 21.6 Å². The second kappa shape index (κ2) is 7.67. The van der Waals surface area contributed by atoms with E-state index in [-0.39, 0.29) is 30.2 Å². The lowest BCUT2D eigenvalue weighted by Gasteiger charge is -2.27. The smallest absolute Gasteiger partial charge is 0.306 e. The summed E-state index contributed by atoms with van der Waals surface area (Å²) in [6.45, 7) is 1.59. The quantitative estimate of drug-likeness (QED) is 0.562. The molecule has 1 heterocycles. The minimum absolute atomic E-state index is 0.0450. The molecule has 0 N–H and O–H groups in total. The molecule has 7 nitrogen and oxygen atoms in total. The number of sulfone groups is 1. The second-order valence-electron chi connectivity index (χ2n) is 5.84. The standard InChI is InChI=1S/C16H21NO6S2/c1-13-5-7-14(8-6-13)25(21,22)17-9-3-4-10-24(19,20)15(12-17)11-16(18)23-2/h3-8,15H,9-12H2,1-2H3/b4-3-. The van der Waals surface area contributed by atoms with Crippen LogP contribution in [-0.4, -0.2) is 58.3 Å². The first-order valence-electron chi connectivity index (χ1n) is 7.67. The van der Waals surface area contributed by atoms with Crippen molar-refractivity contribution >= 4 is 25.8 Å². The van der Waals surface area contributed by atoms with Gasteiger partial charge in [-0.05, 0) is 19.1 Å². The summed E-state index contributed by atoms with van der Waals surface area (Å²) in [7, 11) is -6.38. The number of benzene rings is 1. The van der Waals surface area contributed by atoms with E-state index in [1.165, 1.54) is 31.4 Å². The largest absolute Gasteiger partial charge is 0.469 e. The Morgan fingerprint density at radius 3 is 2.48 bits per heavy atom. The molecule has 1 aromatic carbocycles. The highest BCUT2D eigenvalue weighted by Gasteiger charge is 2.35. The Bertz CT molecular complexity index is 856. The molecule has 0 saturated heterocycles. The first-order valence-corrected chi connectivity index (χ1v) is 10.8. The molecule has 0 spiro atoms. The maximum absolute atomic E-state index is 12.9. The van der Waals surface area contributed by atoms with E-state index in [2.05, 4.69) is 4.74 Å². The van der Waals surface area contributed by atoms with Crippen molar-refractivity contribution in [1.82, 2.24) is 4.31 Å². The predicted molar refractivity (Wildman–Crippen MR) is 93.3 cm³/mol. The number of carbonyl (C=O) groups is 1. The first kappa shape index (κ1) is 19.6. The van der Waals surface area contributed by atoms with Gasteiger partial charge in [-0.25, -0.2) is 16.8 Å². The fourth-order valence-corrected chi connectivity index (χ4v) is 5.47. The minimum Gasteiger partial charge on any atom is -0.469 e. The molecule has 1 unspecified atom stereocenters. The summed E-state index contributed by atoms with van der Waals surface area (Å²) in [6.07, 6.45) is 2.54. The molecule has 1 atom stereocenters. The number of rotatable bonds is 4. The Hall–Kier alpha value is -1.71. The van der Waals surface area contributed by atoms with Crippen molar-refractivity contribution in [1.29, 1.82) is 0 Å². The predicted octanol–water partition coefficient (Wildman–Crippen LogP) is 0.902. The van der Waals surface area contributed by atoms with E-state index < -0.39 is 31.1 Å². The molecule has 0 saturated carbocycles. The van der Waals surface area contributed by atoms with Crippen LogP contribution < -0.4 is 0 Å². The lowest BCUT2D eigenvalue weighted by Crippen LogP contribution is -2.43. The molecular weight excluding hydrogens is 366 g/mol. The Kier molecular flexibility index (Phi) is 6.02. The number of hydrogen-bond donors (Lipinski definition) is 0. The van der Waals surface area contributed by atoms with Crippen LogP contribution in [-0.2, 0) is 29.4 Å². The molecule has 0 aliphatic carbocycles. The van der Waals surface area contributed by atoms with Crippen LogP contribution in [0.5, 0.6) is 0 Å². The molecule has 25 heavy (non-hydrogen) atoms. The molecule has 1 aliphatic rings. The Balaban J connectivity index is 2.38. The molecular formula is C16H21NO6S2. The average molecular weight is 387 g/mol. The van der Waals surface area contributed by atoms with Crippen molar-refractivity contribution in [2.75, 3.05) is 26.0 Å². The highest BCUT2D eigenvalue weighted by atomic mass is 32.2. The van der Waals surface area contributed by atoms with Crippen LogP contribution in [0.1, 0.15) is 12.0 Å². The third kappa shape index (κ3) is 4.68. The fraction of sp³-hybridized carbons (Fsp3) is 0.438. The third-order valence-corrected chi connectivity index (χ3v) is 7.83. The minimum atomic E-state index is -3.88. The van der Waals surface area contributed by atoms with Crippen LogP contribution in [0.25, 0.3) is 0 Å². The molecule has 9 heteroatoms. The van der Waals surface area contributed by atoms with Gasteiger partial charge in [0.2, 0.25) is 10.0 Å². The SMILES string of the molecule is COC(=O)CC1CN(S(=O)(=O)c2ccc(C)cc2)C/C=C\CS1(=O)=O. The van der Waals surface area contributed by atoms with E-state index in [1.54, 1.807) is 12.1 Å². The van der Waals surface area contributed by atoms with Gasteiger partial charge in [0.25, 0.3) is 0 Å². The molecule has 138 valence electrons. The lowest BCUT2D eigenvalue weighted by atomic mass is 10.2. The van der Waals surface area contributed by atoms with E-state index in [4.69, 9.17) is 0 Å². The first-order chi connectivity index (χ1) is 11.7. The Labute approximate surface area is 148 Å². The number of carbonyl (C=O) groups excluding carboxylic acids is 1. The number of esters is 1. The van der Waals surface area contributed by atoms with Gasteiger partial charge in [-0.2, -0.15) is 4.31 Å². The lowest BCUT2D eigenvalue weighted by molar-refractivity contribution is -0.140. The normalized spacial score (nSPS) is 22.6. The molecule has 0 radical (unpaired) electrons. The van der Waals surface area contributed by atoms with Crippen LogP contribution in [0, 0.1) is 6.92 Å². The maximum Gasteiger partial charge on any atom is 0.306 e. The summed E-state index contributed by atoms with van der Waals surface area (Å²) in [6, 6.07) is 6.32. The van der Waals surface area contributed by atoms with E-state index in [0.717, 1.165) is 9.87 Å². The van der Waals surface area contributed by atoms with Gasteiger partial charge >= 0.3 is 5.97 Å². The Morgan fingerprint density at radius 2 is 1.88 bits per heavy atom. The van der Waals surface area contributed by atoms with Gasteiger partial charge in [0.1, 0.15) is 0 Å². The van der Waals surface area contributed by atoms with Crippen molar-refractivity contribution in [3.63, 3.8) is 0 Å². The molecule has 2 rings (SSSR count). The highest BCUT2D eigenvalue weighted by Crippen LogP contribution is 2.21. The van der Waals surface area contributed by atoms with Crippen molar-refractivity contribution in [2.45, 2.75) is 23.5 Å². The van der Waals surface area contributed by atoms with Crippen LogP contribution in [0.15, 0.2) is 41.3 Å². The zero-order chi connectivity index (χ0) is 18.7. The van der Waals surface area contributed by atoms with Gasteiger partial charge in [-0.3, -0.25) is 4.79 Å². The summed E-state index contributed by atoms with van der Waals surface area (Å²) >= 11 is 0. The van der Waals surface area contributed by atoms with Gasteiger partial charge in [0.15, 0.2) is 9.84 Å². The number of ether oxygens (including phenoxy) is 1. The van der Waals surface area contributed by atoms with Crippen LogP contribution >= 0.6 is 0 Å². The molecule has 1 aliphatic heterocycles. The summed E-state index contributed by atoms with van der Waals surface area (Å²) in [4.78, 5) is 11.6. The number of nitrogens with zero attached hydrogens (tertiary/aromatic N) is 1. The van der Waals surface area contributed by atoms with E-state index in [0.29, 0.717) is 0 Å². The topological polar surface area (TPSA) is 97.8 Å². The molecule has 1 aromatic rings. The molecule has 0 aromatic heterocycles. The van der Waals surface area contributed by atoms with Crippen molar-refractivity contribution in [3.05, 3.63) is 42.0 Å². The summed E-state index contributed by atoms with van der Waals surface area (Å²) in [5.41, 5.74) is 0.914. The van der Waals surface area contributed by atoms with Crippen LogP contribution in [0.4, 0.5) is 0 Å². The third-order valence-electron chi connectivity index (χ3n) is 4.00. The van der Waals surface area contributed by atoms with Crippen molar-refractivity contribution in [3.8, 4) is 0 Å². The van der Waals surface area contributed by atoms with E-state index >= 15 is 0 Å². The summed E-state index contributed by atoms with van der Waals surface area (Å²) in [5.74, 6) is -0.918. The zero-order valence-electron chi connectivity index (χ0n) is 14.1. The second-order valence-corrected chi connectivity index (χ2v) is 10.1. The Morgan fingerprint density at radius 1 is 1.24 bits per heavy atom. The molecule has 0 bridgehead atoms. The van der Waals surface area contributed by atoms with Crippen LogP contribution in [0.2, 0.25) is 0 Å². The number of sulfonamides is 1. The van der Waals surface area contributed by atoms with Crippen molar-refractivity contribution < 1.29 is 26.4 Å². The van der Waals surface area contributed by atoms with Crippen molar-refractivity contribution in [2.24, 2.45) is 0 Å². The zero-order valence-corrected chi connectivity index (χ0v) is 15.7. The van der Waals surface area contributed by atoms with Crippen LogP contribution in [0.3, 0.4) is 0 Å². The number of aryl methyl sites for hydroxylation is 1. The monoisotopic (exact) mass is 387 g/mol. The van der Waals surface area contributed by atoms with Gasteiger partial charge < -0.3 is 4.74 Å². The van der Waals surface area contributed by atoms with Gasteiger partial charge in [0, 0.05) is 13.1 Å². The van der Waals surface area contributed by atoms with Gasteiger partial charge in [-0.15, -0.1) is 0 Å². The number of methoxy groups -OCH3 is 1. The summed E-state index contributed by atoms with van der Waals surface area (Å²) in [5, 5.41) is -1.15. The maximum atomic E-state index is 12.9. The summed E-state index contributed by atoms with van der Waals surface area (Å²) < 4.78 is 56.1. The highest BCUT2D eigenvalue weighted by molar-refractivity contribution is 7.92.